The second-order valence-electron chi connectivity index (χ2n) is 5.73. The van der Waals surface area contributed by atoms with Crippen LogP contribution in [0.25, 0.3) is 0 Å². The number of hydrogen-bond acceptors (Lipinski definition) is 3. The van der Waals surface area contributed by atoms with Gasteiger partial charge < -0.3 is 15.1 Å². The summed E-state index contributed by atoms with van der Waals surface area (Å²) in [6.45, 7) is 4.84. The molecule has 0 unspecified atom stereocenters. The molecule has 1 heterocycles. The van der Waals surface area contributed by atoms with Gasteiger partial charge in [-0.2, -0.15) is 0 Å². The van der Waals surface area contributed by atoms with E-state index in [1.807, 2.05) is 11.9 Å². The van der Waals surface area contributed by atoms with E-state index in [4.69, 9.17) is 0 Å². The molecule has 1 aliphatic carbocycles. The van der Waals surface area contributed by atoms with Gasteiger partial charge in [0.1, 0.15) is 0 Å². The van der Waals surface area contributed by atoms with E-state index >= 15 is 0 Å². The van der Waals surface area contributed by atoms with Crippen LogP contribution in [0.15, 0.2) is 0 Å². The third-order valence-electron chi connectivity index (χ3n) is 4.27. The Morgan fingerprint density at radius 1 is 1.22 bits per heavy atom. The number of hydrogen-bond donors (Lipinski definition) is 1. The van der Waals surface area contributed by atoms with E-state index in [2.05, 4.69) is 10.2 Å². The summed E-state index contributed by atoms with van der Waals surface area (Å²) in [5.41, 5.74) is 0. The van der Waals surface area contributed by atoms with Crippen molar-refractivity contribution in [1.29, 1.82) is 0 Å². The molecule has 1 amide bonds. The highest BCUT2D eigenvalue weighted by Crippen LogP contribution is 2.17. The number of nitrogens with zero attached hydrogens (tertiary/aromatic N) is 2. The molecule has 2 aliphatic rings. The molecule has 4 nitrogen and oxygen atoms in total. The smallest absolute Gasteiger partial charge is 0.236 e. The van der Waals surface area contributed by atoms with Crippen LogP contribution in [-0.2, 0) is 4.79 Å². The Labute approximate surface area is 111 Å². The van der Waals surface area contributed by atoms with Crippen LogP contribution in [0.1, 0.15) is 38.5 Å². The van der Waals surface area contributed by atoms with Gasteiger partial charge in [-0.15, -0.1) is 0 Å². The SMILES string of the molecule is CN(CCN1CCCC1)C(=O)CNC1CCCC1. The molecule has 0 aromatic heterocycles. The van der Waals surface area contributed by atoms with Gasteiger partial charge in [0.15, 0.2) is 0 Å². The lowest BCUT2D eigenvalue weighted by atomic mass is 10.2. The van der Waals surface area contributed by atoms with Gasteiger partial charge in [-0.25, -0.2) is 0 Å². The van der Waals surface area contributed by atoms with Crippen LogP contribution in [-0.4, -0.2) is 61.5 Å². The molecular formula is C14H27N3O. The molecule has 2 fully saturated rings. The topological polar surface area (TPSA) is 35.6 Å². The molecule has 1 saturated carbocycles. The molecule has 1 N–H and O–H groups in total. The summed E-state index contributed by atoms with van der Waals surface area (Å²) in [5.74, 6) is 0.237. The lowest BCUT2D eigenvalue weighted by Gasteiger charge is -2.22. The fraction of sp³-hybridized carbons (Fsp3) is 0.929. The number of likely N-dealkylation sites (tertiary alicyclic amines) is 1. The minimum atomic E-state index is 0.237. The molecule has 1 aliphatic heterocycles. The fourth-order valence-electron chi connectivity index (χ4n) is 2.92. The number of amides is 1. The quantitative estimate of drug-likeness (QED) is 0.769. The van der Waals surface area contributed by atoms with Gasteiger partial charge in [-0.1, -0.05) is 12.8 Å². The third-order valence-corrected chi connectivity index (χ3v) is 4.27. The Balaban J connectivity index is 1.58. The Morgan fingerprint density at radius 2 is 1.89 bits per heavy atom. The number of nitrogens with one attached hydrogen (secondary N) is 1. The molecule has 0 radical (unpaired) electrons. The fourth-order valence-corrected chi connectivity index (χ4v) is 2.92. The first-order chi connectivity index (χ1) is 8.75. The summed E-state index contributed by atoms with van der Waals surface area (Å²) in [6.07, 6.45) is 7.75. The van der Waals surface area contributed by atoms with Gasteiger partial charge in [0.25, 0.3) is 0 Å². The lowest BCUT2D eigenvalue weighted by molar-refractivity contribution is -0.129. The first-order valence-electron chi connectivity index (χ1n) is 7.45. The lowest BCUT2D eigenvalue weighted by Crippen LogP contribution is -2.41. The predicted octanol–water partition coefficient (Wildman–Crippen LogP) is 1.07. The number of likely N-dealkylation sites (N-methyl/N-ethyl adjacent to an activating group) is 1. The largest absolute Gasteiger partial charge is 0.343 e. The molecule has 2 rings (SSSR count). The second kappa shape index (κ2) is 7.10. The molecular weight excluding hydrogens is 226 g/mol. The maximum absolute atomic E-state index is 11.9. The van der Waals surface area contributed by atoms with Crippen molar-refractivity contribution in [1.82, 2.24) is 15.1 Å². The molecule has 4 heteroatoms. The highest BCUT2D eigenvalue weighted by molar-refractivity contribution is 5.78. The summed E-state index contributed by atoms with van der Waals surface area (Å²) in [7, 11) is 1.93. The van der Waals surface area contributed by atoms with Crippen molar-refractivity contribution in [2.75, 3.05) is 39.8 Å². The van der Waals surface area contributed by atoms with Crippen molar-refractivity contribution >= 4 is 5.91 Å². The zero-order valence-corrected chi connectivity index (χ0v) is 11.7. The van der Waals surface area contributed by atoms with Crippen LogP contribution in [0.5, 0.6) is 0 Å². The average molecular weight is 253 g/mol. The highest BCUT2D eigenvalue weighted by Gasteiger charge is 2.17. The van der Waals surface area contributed by atoms with Gasteiger partial charge >= 0.3 is 0 Å². The van der Waals surface area contributed by atoms with Crippen molar-refractivity contribution in [3.05, 3.63) is 0 Å². The van der Waals surface area contributed by atoms with Gasteiger partial charge in [0.2, 0.25) is 5.91 Å². The van der Waals surface area contributed by atoms with Crippen LogP contribution in [0.3, 0.4) is 0 Å². The minimum absolute atomic E-state index is 0.237. The highest BCUT2D eigenvalue weighted by atomic mass is 16.2. The first-order valence-corrected chi connectivity index (χ1v) is 7.45. The van der Waals surface area contributed by atoms with Crippen molar-refractivity contribution in [3.63, 3.8) is 0 Å². The molecule has 0 atom stereocenters. The van der Waals surface area contributed by atoms with E-state index in [0.29, 0.717) is 12.6 Å². The van der Waals surface area contributed by atoms with Gasteiger partial charge in [-0.05, 0) is 38.8 Å². The van der Waals surface area contributed by atoms with Gasteiger partial charge in [-0.3, -0.25) is 4.79 Å². The summed E-state index contributed by atoms with van der Waals surface area (Å²) in [5, 5.41) is 3.39. The van der Waals surface area contributed by atoms with E-state index in [-0.39, 0.29) is 5.91 Å². The summed E-state index contributed by atoms with van der Waals surface area (Å²) in [6, 6.07) is 0.584. The van der Waals surface area contributed by atoms with Gasteiger partial charge in [0, 0.05) is 26.2 Å². The molecule has 0 aromatic rings. The average Bonchev–Trinajstić information content (AvgIpc) is 3.05. The van der Waals surface area contributed by atoms with E-state index in [9.17, 15) is 4.79 Å². The maximum atomic E-state index is 11.9. The van der Waals surface area contributed by atoms with Crippen molar-refractivity contribution < 1.29 is 4.79 Å². The van der Waals surface area contributed by atoms with E-state index in [0.717, 1.165) is 13.1 Å². The van der Waals surface area contributed by atoms with Crippen molar-refractivity contribution in [2.45, 2.75) is 44.6 Å². The summed E-state index contributed by atoms with van der Waals surface area (Å²) in [4.78, 5) is 16.3. The normalized spacial score (nSPS) is 21.6. The third kappa shape index (κ3) is 4.25. The molecule has 1 saturated heterocycles. The molecule has 0 aromatic carbocycles. The van der Waals surface area contributed by atoms with Gasteiger partial charge in [0.05, 0.1) is 6.54 Å². The number of carbonyl (C=O) groups excluding carboxylic acids is 1. The molecule has 0 spiro atoms. The zero-order valence-electron chi connectivity index (χ0n) is 11.7. The minimum Gasteiger partial charge on any atom is -0.343 e. The Morgan fingerprint density at radius 3 is 2.56 bits per heavy atom. The van der Waals surface area contributed by atoms with E-state index in [1.54, 1.807) is 0 Å². The molecule has 18 heavy (non-hydrogen) atoms. The van der Waals surface area contributed by atoms with Crippen LogP contribution < -0.4 is 5.32 Å². The summed E-state index contributed by atoms with van der Waals surface area (Å²) >= 11 is 0. The van der Waals surface area contributed by atoms with E-state index in [1.165, 1.54) is 51.6 Å². The number of carbonyl (C=O) groups is 1. The number of rotatable bonds is 6. The second-order valence-corrected chi connectivity index (χ2v) is 5.73. The monoisotopic (exact) mass is 253 g/mol. The maximum Gasteiger partial charge on any atom is 0.236 e. The molecule has 104 valence electrons. The summed E-state index contributed by atoms with van der Waals surface area (Å²) < 4.78 is 0. The van der Waals surface area contributed by atoms with Crippen molar-refractivity contribution in [3.8, 4) is 0 Å². The van der Waals surface area contributed by atoms with E-state index < -0.39 is 0 Å². The Kier molecular flexibility index (Phi) is 5.45. The standard InChI is InChI=1S/C14H27N3O/c1-16(10-11-17-8-4-5-9-17)14(18)12-15-13-6-2-3-7-13/h13,15H,2-12H2,1H3. The van der Waals surface area contributed by atoms with Crippen molar-refractivity contribution in [2.24, 2.45) is 0 Å². The Hall–Kier alpha value is -0.610. The van der Waals surface area contributed by atoms with Crippen LogP contribution >= 0.6 is 0 Å². The van der Waals surface area contributed by atoms with Crippen LogP contribution in [0.2, 0.25) is 0 Å². The zero-order chi connectivity index (χ0) is 12.8. The molecule has 0 bridgehead atoms. The van der Waals surface area contributed by atoms with Crippen LogP contribution in [0.4, 0.5) is 0 Å². The predicted molar refractivity (Wildman–Crippen MR) is 73.6 cm³/mol. The first kappa shape index (κ1) is 13.8. The van der Waals surface area contributed by atoms with Crippen LogP contribution in [0, 0.1) is 0 Å². The Bertz CT molecular complexity index is 258.